The Hall–Kier alpha value is -3.17. The Balaban J connectivity index is 1.59. The number of thioether (sulfide) groups is 1. The smallest absolute Gasteiger partial charge is 0.220 e. The van der Waals surface area contributed by atoms with Crippen LogP contribution in [0, 0.1) is 0 Å². The van der Waals surface area contributed by atoms with Crippen LogP contribution in [0.1, 0.15) is 0 Å². The summed E-state index contributed by atoms with van der Waals surface area (Å²) in [6.45, 7) is 0.217. The Morgan fingerprint density at radius 2 is 1.86 bits per heavy atom. The fraction of sp³-hybridized carbons (Fsp3) is 0.158. The third kappa shape index (κ3) is 3.90. The Morgan fingerprint density at radius 3 is 2.64 bits per heavy atom. The molecule has 4 aromatic rings. The van der Waals surface area contributed by atoms with Crippen LogP contribution in [0.15, 0.2) is 76.3 Å². The van der Waals surface area contributed by atoms with Crippen molar-refractivity contribution < 1.29 is 10.2 Å². The topological polar surface area (TPSA) is 112 Å². The summed E-state index contributed by atoms with van der Waals surface area (Å²) in [5.74, 6) is 0.381. The number of benzene rings is 2. The first-order valence-corrected chi connectivity index (χ1v) is 9.64. The minimum absolute atomic E-state index is 0.0235. The van der Waals surface area contributed by atoms with E-state index in [2.05, 4.69) is 25.4 Å². The fourth-order valence-corrected chi connectivity index (χ4v) is 3.55. The number of aliphatic hydroxyl groups excluding tert-OH is 1. The van der Waals surface area contributed by atoms with E-state index in [0.29, 0.717) is 22.3 Å². The summed E-state index contributed by atoms with van der Waals surface area (Å²) in [4.78, 5) is 4.02. The highest BCUT2D eigenvalue weighted by atomic mass is 32.2. The second-order valence-corrected chi connectivity index (χ2v) is 7.10. The van der Waals surface area contributed by atoms with Gasteiger partial charge in [-0.1, -0.05) is 48.2 Å². The summed E-state index contributed by atoms with van der Waals surface area (Å²) < 4.78 is 1.65. The number of H-pyrrole nitrogens is 1. The quantitative estimate of drug-likeness (QED) is 0.324. The van der Waals surface area contributed by atoms with E-state index in [4.69, 9.17) is 0 Å². The lowest BCUT2D eigenvalue weighted by atomic mass is 10.2. The molecule has 0 saturated carbocycles. The number of hydrogen-bond donors (Lipinski definition) is 3. The van der Waals surface area contributed by atoms with E-state index >= 15 is 0 Å². The van der Waals surface area contributed by atoms with E-state index in [1.165, 1.54) is 18.1 Å². The molecule has 1 atom stereocenters. The molecule has 2 heterocycles. The first kappa shape index (κ1) is 18.2. The van der Waals surface area contributed by atoms with Crippen LogP contribution in [0.4, 0.5) is 11.4 Å². The number of nitrogens with zero attached hydrogens (tertiary/aromatic N) is 5. The van der Waals surface area contributed by atoms with Crippen LogP contribution in [-0.2, 0) is 6.54 Å². The molecule has 8 nitrogen and oxygen atoms in total. The first-order chi connectivity index (χ1) is 13.7. The van der Waals surface area contributed by atoms with Crippen molar-refractivity contribution in [3.05, 3.63) is 60.9 Å². The third-order valence-corrected chi connectivity index (χ3v) is 5.16. The van der Waals surface area contributed by atoms with Gasteiger partial charge in [-0.05, 0) is 18.2 Å². The Morgan fingerprint density at radius 1 is 1.07 bits per heavy atom. The zero-order chi connectivity index (χ0) is 19.3. The Bertz CT molecular complexity index is 1080. The standard InChI is InChI=1S/C19H18N6O2S/c26-14(11-28-19-20-12-21-24-19)10-25-16-9-5-4-8-15(16)17(18(25)27)23-22-13-6-2-1-3-7-13/h1-9,12,14,26-27H,10-11H2,(H,20,21,24). The van der Waals surface area contributed by atoms with Gasteiger partial charge in [-0.15, -0.1) is 5.11 Å². The molecule has 4 rings (SSSR count). The third-order valence-electron chi connectivity index (χ3n) is 4.14. The molecule has 2 aromatic heterocycles. The molecular weight excluding hydrogens is 376 g/mol. The van der Waals surface area contributed by atoms with Crippen molar-refractivity contribution in [2.45, 2.75) is 17.8 Å². The van der Waals surface area contributed by atoms with Crippen LogP contribution in [0.5, 0.6) is 5.88 Å². The van der Waals surface area contributed by atoms with E-state index in [-0.39, 0.29) is 12.4 Å². The number of hydrogen-bond acceptors (Lipinski definition) is 7. The highest BCUT2D eigenvalue weighted by molar-refractivity contribution is 7.99. The average molecular weight is 394 g/mol. The lowest BCUT2D eigenvalue weighted by Gasteiger charge is -2.12. The minimum atomic E-state index is -0.698. The van der Waals surface area contributed by atoms with Crippen molar-refractivity contribution >= 4 is 34.0 Å². The molecule has 0 aliphatic heterocycles. The van der Waals surface area contributed by atoms with Gasteiger partial charge in [-0.2, -0.15) is 10.2 Å². The van der Waals surface area contributed by atoms with Crippen molar-refractivity contribution in [1.82, 2.24) is 19.7 Å². The molecule has 0 spiro atoms. The minimum Gasteiger partial charge on any atom is -0.493 e. The molecule has 9 heteroatoms. The summed E-state index contributed by atoms with van der Waals surface area (Å²) in [5.41, 5.74) is 1.86. The largest absolute Gasteiger partial charge is 0.493 e. The molecule has 0 amide bonds. The van der Waals surface area contributed by atoms with Crippen molar-refractivity contribution in [2.24, 2.45) is 10.2 Å². The van der Waals surface area contributed by atoms with E-state index in [1.807, 2.05) is 54.6 Å². The number of aliphatic hydroxyl groups is 1. The van der Waals surface area contributed by atoms with E-state index in [1.54, 1.807) is 4.57 Å². The summed E-state index contributed by atoms with van der Waals surface area (Å²) in [6, 6.07) is 16.8. The zero-order valence-electron chi connectivity index (χ0n) is 14.8. The monoisotopic (exact) mass is 394 g/mol. The van der Waals surface area contributed by atoms with Gasteiger partial charge < -0.3 is 14.8 Å². The molecule has 0 aliphatic carbocycles. The van der Waals surface area contributed by atoms with Gasteiger partial charge in [0, 0.05) is 11.1 Å². The van der Waals surface area contributed by atoms with E-state index in [9.17, 15) is 10.2 Å². The highest BCUT2D eigenvalue weighted by Crippen LogP contribution is 2.39. The number of azo groups is 1. The molecule has 0 aliphatic rings. The maximum atomic E-state index is 10.8. The lowest BCUT2D eigenvalue weighted by Crippen LogP contribution is -2.18. The second kappa shape index (κ2) is 8.24. The molecule has 142 valence electrons. The van der Waals surface area contributed by atoms with Crippen molar-refractivity contribution in [3.8, 4) is 5.88 Å². The van der Waals surface area contributed by atoms with Crippen LogP contribution in [0.3, 0.4) is 0 Å². The number of fused-ring (bicyclic) bond motifs is 1. The number of para-hydroxylation sites is 1. The van der Waals surface area contributed by atoms with Crippen LogP contribution < -0.4 is 0 Å². The predicted octanol–water partition coefficient (Wildman–Crippen LogP) is 4.03. The van der Waals surface area contributed by atoms with Gasteiger partial charge in [-0.3, -0.25) is 5.10 Å². The SMILES string of the molecule is Oc1c(N=Nc2ccccc2)c2ccccc2n1CC(O)CSc1ncn[nH]1. The van der Waals surface area contributed by atoms with Gasteiger partial charge in [-0.25, -0.2) is 4.98 Å². The summed E-state index contributed by atoms with van der Waals surface area (Å²) >= 11 is 1.36. The lowest BCUT2D eigenvalue weighted by molar-refractivity contribution is 0.175. The van der Waals surface area contributed by atoms with Gasteiger partial charge in [0.25, 0.3) is 0 Å². The van der Waals surface area contributed by atoms with Gasteiger partial charge in [0.05, 0.1) is 23.9 Å². The molecule has 0 bridgehead atoms. The number of rotatable bonds is 7. The van der Waals surface area contributed by atoms with Crippen molar-refractivity contribution in [2.75, 3.05) is 5.75 Å². The maximum absolute atomic E-state index is 10.8. The number of nitrogens with one attached hydrogen (secondary N) is 1. The van der Waals surface area contributed by atoms with Gasteiger partial charge >= 0.3 is 0 Å². The molecule has 0 saturated heterocycles. The average Bonchev–Trinajstić information content (AvgIpc) is 3.33. The second-order valence-electron chi connectivity index (χ2n) is 6.09. The van der Waals surface area contributed by atoms with Gasteiger partial charge in [0.2, 0.25) is 5.88 Å². The molecule has 1 unspecified atom stereocenters. The zero-order valence-corrected chi connectivity index (χ0v) is 15.6. The molecule has 2 aromatic carbocycles. The Kier molecular flexibility index (Phi) is 5.36. The van der Waals surface area contributed by atoms with Gasteiger partial charge in [0.15, 0.2) is 10.8 Å². The van der Waals surface area contributed by atoms with Crippen LogP contribution >= 0.6 is 11.8 Å². The summed E-state index contributed by atoms with van der Waals surface area (Å²) in [5, 5.41) is 37.6. The molecule has 28 heavy (non-hydrogen) atoms. The molecule has 0 fully saturated rings. The van der Waals surface area contributed by atoms with E-state index < -0.39 is 6.10 Å². The first-order valence-electron chi connectivity index (χ1n) is 8.65. The highest BCUT2D eigenvalue weighted by Gasteiger charge is 2.19. The number of aromatic hydroxyl groups is 1. The number of aromatic nitrogens is 4. The number of aromatic amines is 1. The maximum Gasteiger partial charge on any atom is 0.220 e. The predicted molar refractivity (Wildman–Crippen MR) is 107 cm³/mol. The van der Waals surface area contributed by atoms with Crippen molar-refractivity contribution in [3.63, 3.8) is 0 Å². The fourth-order valence-electron chi connectivity index (χ4n) is 2.86. The summed E-state index contributed by atoms with van der Waals surface area (Å²) in [7, 11) is 0. The molecular formula is C19H18N6O2S. The normalized spacial score (nSPS) is 12.8. The van der Waals surface area contributed by atoms with Crippen LogP contribution in [0.2, 0.25) is 0 Å². The van der Waals surface area contributed by atoms with Crippen LogP contribution in [0.25, 0.3) is 10.9 Å². The van der Waals surface area contributed by atoms with Gasteiger partial charge in [0.1, 0.15) is 6.33 Å². The molecule has 3 N–H and O–H groups in total. The molecule has 0 radical (unpaired) electrons. The van der Waals surface area contributed by atoms with Crippen LogP contribution in [-0.4, -0.2) is 41.8 Å². The van der Waals surface area contributed by atoms with E-state index in [0.717, 1.165) is 10.9 Å². The Labute approximate surface area is 165 Å². The van der Waals surface area contributed by atoms with Crippen molar-refractivity contribution in [1.29, 1.82) is 0 Å². The summed E-state index contributed by atoms with van der Waals surface area (Å²) in [6.07, 6.45) is 0.722.